The van der Waals surface area contributed by atoms with Crippen LogP contribution in [0.25, 0.3) is 10.2 Å². The molecule has 0 aliphatic rings. The summed E-state index contributed by atoms with van der Waals surface area (Å²) in [6, 6.07) is 1.89. The van der Waals surface area contributed by atoms with Gasteiger partial charge in [0.15, 0.2) is 5.16 Å². The van der Waals surface area contributed by atoms with Crippen LogP contribution in [-0.2, 0) is 11.3 Å². The van der Waals surface area contributed by atoms with Gasteiger partial charge in [0.2, 0.25) is 0 Å². The second-order valence-corrected chi connectivity index (χ2v) is 5.56. The minimum absolute atomic E-state index is 0.0398. The SMILES string of the molecule is CCSc1nc2ccsc2c(=O)n1CCOC. The maximum Gasteiger partial charge on any atom is 0.272 e. The van der Waals surface area contributed by atoms with Crippen molar-refractivity contribution in [1.82, 2.24) is 9.55 Å². The Morgan fingerprint density at radius 3 is 3.12 bits per heavy atom. The summed E-state index contributed by atoms with van der Waals surface area (Å²) in [6.45, 7) is 3.13. The van der Waals surface area contributed by atoms with Gasteiger partial charge in [0.05, 0.1) is 18.7 Å². The van der Waals surface area contributed by atoms with E-state index in [1.165, 1.54) is 11.3 Å². The lowest BCUT2D eigenvalue weighted by atomic mass is 10.4. The van der Waals surface area contributed by atoms with Crippen LogP contribution < -0.4 is 5.56 Å². The second-order valence-electron chi connectivity index (χ2n) is 3.41. The summed E-state index contributed by atoms with van der Waals surface area (Å²) >= 11 is 3.03. The highest BCUT2D eigenvalue weighted by Crippen LogP contribution is 2.20. The van der Waals surface area contributed by atoms with E-state index in [4.69, 9.17) is 4.74 Å². The third-order valence-corrected chi connectivity index (χ3v) is 4.07. The average Bonchev–Trinajstić information content (AvgIpc) is 2.77. The van der Waals surface area contributed by atoms with Crippen LogP contribution in [0, 0.1) is 0 Å². The Balaban J connectivity index is 2.54. The Kier molecular flexibility index (Phi) is 4.20. The highest BCUT2D eigenvalue weighted by Gasteiger charge is 2.11. The van der Waals surface area contributed by atoms with Crippen LogP contribution in [0.1, 0.15) is 6.92 Å². The van der Waals surface area contributed by atoms with Gasteiger partial charge in [-0.15, -0.1) is 11.3 Å². The van der Waals surface area contributed by atoms with Crippen LogP contribution in [0.3, 0.4) is 0 Å². The van der Waals surface area contributed by atoms with Gasteiger partial charge < -0.3 is 4.74 Å². The Bertz CT molecular complexity index is 562. The van der Waals surface area contributed by atoms with Crippen molar-refractivity contribution in [2.45, 2.75) is 18.6 Å². The summed E-state index contributed by atoms with van der Waals surface area (Å²) < 4.78 is 7.46. The predicted octanol–water partition coefficient (Wildman–Crippen LogP) is 2.22. The fourth-order valence-electron chi connectivity index (χ4n) is 1.54. The molecule has 0 aliphatic carbocycles. The number of fused-ring (bicyclic) bond motifs is 1. The van der Waals surface area contributed by atoms with Gasteiger partial charge >= 0.3 is 0 Å². The highest BCUT2D eigenvalue weighted by molar-refractivity contribution is 7.99. The summed E-state index contributed by atoms with van der Waals surface area (Å²) in [6.07, 6.45) is 0. The maximum atomic E-state index is 12.3. The number of nitrogens with zero attached hydrogens (tertiary/aromatic N) is 2. The molecule has 0 aromatic carbocycles. The lowest BCUT2D eigenvalue weighted by Crippen LogP contribution is -2.24. The number of rotatable bonds is 5. The van der Waals surface area contributed by atoms with E-state index in [9.17, 15) is 4.79 Å². The zero-order chi connectivity index (χ0) is 12.3. The van der Waals surface area contributed by atoms with Crippen molar-refractivity contribution in [3.8, 4) is 0 Å². The molecule has 0 saturated carbocycles. The van der Waals surface area contributed by atoms with E-state index in [2.05, 4.69) is 11.9 Å². The van der Waals surface area contributed by atoms with Gasteiger partial charge in [0.1, 0.15) is 4.70 Å². The van der Waals surface area contributed by atoms with Crippen molar-refractivity contribution in [3.63, 3.8) is 0 Å². The molecule has 92 valence electrons. The van der Waals surface area contributed by atoms with Crippen LogP contribution in [0.4, 0.5) is 0 Å². The molecule has 2 aromatic heterocycles. The van der Waals surface area contributed by atoms with E-state index in [0.717, 1.165) is 21.1 Å². The average molecular weight is 270 g/mol. The number of thiophene rings is 1. The Labute approximate surface area is 108 Å². The molecule has 2 aromatic rings. The summed E-state index contributed by atoms with van der Waals surface area (Å²) in [5.74, 6) is 0.898. The molecule has 0 radical (unpaired) electrons. The number of hydrogen-bond acceptors (Lipinski definition) is 5. The molecule has 0 bridgehead atoms. The summed E-state index contributed by atoms with van der Waals surface area (Å²) in [4.78, 5) is 16.8. The molecular weight excluding hydrogens is 256 g/mol. The van der Waals surface area contributed by atoms with Gasteiger partial charge in [-0.05, 0) is 17.2 Å². The first-order valence-electron chi connectivity index (χ1n) is 5.37. The Morgan fingerprint density at radius 1 is 1.59 bits per heavy atom. The van der Waals surface area contributed by atoms with Crippen molar-refractivity contribution in [1.29, 1.82) is 0 Å². The standard InChI is InChI=1S/C11H14N2O2S2/c1-3-16-11-12-8-4-7-17-9(8)10(14)13(11)5-6-15-2/h4,7H,3,5-6H2,1-2H3. The van der Waals surface area contributed by atoms with Gasteiger partial charge in [-0.2, -0.15) is 0 Å². The highest BCUT2D eigenvalue weighted by atomic mass is 32.2. The summed E-state index contributed by atoms with van der Waals surface area (Å²) in [7, 11) is 1.63. The van der Waals surface area contributed by atoms with Crippen molar-refractivity contribution in [3.05, 3.63) is 21.8 Å². The lowest BCUT2D eigenvalue weighted by molar-refractivity contribution is 0.183. The fourth-order valence-corrected chi connectivity index (χ4v) is 3.07. The van der Waals surface area contributed by atoms with Gasteiger partial charge in [-0.1, -0.05) is 18.7 Å². The minimum Gasteiger partial charge on any atom is -0.383 e. The molecule has 2 rings (SSSR count). The largest absolute Gasteiger partial charge is 0.383 e. The van der Waals surface area contributed by atoms with Crippen LogP contribution in [0.5, 0.6) is 0 Å². The summed E-state index contributed by atoms with van der Waals surface area (Å²) in [5, 5.41) is 2.68. The first-order valence-corrected chi connectivity index (χ1v) is 7.24. The topological polar surface area (TPSA) is 44.1 Å². The molecule has 0 saturated heterocycles. The maximum absolute atomic E-state index is 12.3. The molecule has 17 heavy (non-hydrogen) atoms. The lowest BCUT2D eigenvalue weighted by Gasteiger charge is -2.10. The molecule has 4 nitrogen and oxygen atoms in total. The van der Waals surface area contributed by atoms with Crippen molar-refractivity contribution < 1.29 is 4.74 Å². The van der Waals surface area contributed by atoms with E-state index in [-0.39, 0.29) is 5.56 Å². The third kappa shape index (κ3) is 2.53. The molecule has 0 N–H and O–H groups in total. The van der Waals surface area contributed by atoms with Gasteiger partial charge in [0, 0.05) is 7.11 Å². The van der Waals surface area contributed by atoms with Crippen molar-refractivity contribution in [2.75, 3.05) is 19.5 Å². The number of hydrogen-bond donors (Lipinski definition) is 0. The molecule has 2 heterocycles. The van der Waals surface area contributed by atoms with E-state index in [0.29, 0.717) is 13.2 Å². The van der Waals surface area contributed by atoms with E-state index in [1.807, 2.05) is 11.4 Å². The Hall–Kier alpha value is -0.850. The molecule has 0 atom stereocenters. The zero-order valence-corrected chi connectivity index (χ0v) is 11.4. The van der Waals surface area contributed by atoms with Crippen LogP contribution >= 0.6 is 23.1 Å². The van der Waals surface area contributed by atoms with Crippen LogP contribution in [0.2, 0.25) is 0 Å². The van der Waals surface area contributed by atoms with Crippen molar-refractivity contribution in [2.24, 2.45) is 0 Å². The van der Waals surface area contributed by atoms with Crippen LogP contribution in [0.15, 0.2) is 21.4 Å². The number of methoxy groups -OCH3 is 1. The minimum atomic E-state index is 0.0398. The monoisotopic (exact) mass is 270 g/mol. The van der Waals surface area contributed by atoms with Gasteiger partial charge in [0.25, 0.3) is 5.56 Å². The molecule has 0 spiro atoms. The molecule has 0 aliphatic heterocycles. The first kappa shape index (κ1) is 12.6. The fraction of sp³-hybridized carbons (Fsp3) is 0.455. The zero-order valence-electron chi connectivity index (χ0n) is 9.80. The molecule has 0 amide bonds. The normalized spacial score (nSPS) is 11.2. The second kappa shape index (κ2) is 5.66. The van der Waals surface area contributed by atoms with Crippen LogP contribution in [-0.4, -0.2) is 29.0 Å². The molecular formula is C11H14N2O2S2. The molecule has 0 fully saturated rings. The number of thioether (sulfide) groups is 1. The number of aromatic nitrogens is 2. The predicted molar refractivity (Wildman–Crippen MR) is 72.2 cm³/mol. The third-order valence-electron chi connectivity index (χ3n) is 2.32. The summed E-state index contributed by atoms with van der Waals surface area (Å²) in [5.41, 5.74) is 0.836. The van der Waals surface area contributed by atoms with Gasteiger partial charge in [-0.3, -0.25) is 9.36 Å². The molecule has 0 unspecified atom stereocenters. The van der Waals surface area contributed by atoms with E-state index < -0.39 is 0 Å². The van der Waals surface area contributed by atoms with E-state index >= 15 is 0 Å². The molecule has 6 heteroatoms. The Morgan fingerprint density at radius 2 is 2.41 bits per heavy atom. The van der Waals surface area contributed by atoms with Gasteiger partial charge in [-0.25, -0.2) is 4.98 Å². The first-order chi connectivity index (χ1) is 8.27. The quantitative estimate of drug-likeness (QED) is 0.617. The van der Waals surface area contributed by atoms with Crippen molar-refractivity contribution >= 4 is 33.3 Å². The number of ether oxygens (including phenoxy) is 1. The smallest absolute Gasteiger partial charge is 0.272 e. The van der Waals surface area contributed by atoms with E-state index in [1.54, 1.807) is 23.4 Å².